The summed E-state index contributed by atoms with van der Waals surface area (Å²) in [5, 5.41) is 0. The molecule has 0 bridgehead atoms. The fourth-order valence-electron chi connectivity index (χ4n) is 2.10. The normalized spacial score (nSPS) is 12.7. The summed E-state index contributed by atoms with van der Waals surface area (Å²) in [6.07, 6.45) is 3.66. The SMILES string of the molecule is COc1ccccc1C=NC[C@H](C)N=Cc1ccccc1OC. The van der Waals surface area contributed by atoms with Gasteiger partial charge in [-0.2, -0.15) is 0 Å². The van der Waals surface area contributed by atoms with Crippen LogP contribution < -0.4 is 9.47 Å². The second-order valence-corrected chi connectivity index (χ2v) is 5.11. The van der Waals surface area contributed by atoms with Gasteiger partial charge in [0, 0.05) is 23.6 Å². The van der Waals surface area contributed by atoms with E-state index in [1.54, 1.807) is 14.2 Å². The third kappa shape index (κ3) is 4.95. The van der Waals surface area contributed by atoms with Crippen molar-refractivity contribution in [3.63, 3.8) is 0 Å². The van der Waals surface area contributed by atoms with E-state index in [2.05, 4.69) is 9.98 Å². The van der Waals surface area contributed by atoms with Crippen LogP contribution in [0.5, 0.6) is 11.5 Å². The van der Waals surface area contributed by atoms with Gasteiger partial charge in [0.15, 0.2) is 0 Å². The molecule has 0 aliphatic heterocycles. The number of aliphatic imine (C=N–C) groups is 2. The van der Waals surface area contributed by atoms with E-state index in [9.17, 15) is 0 Å². The molecule has 4 nitrogen and oxygen atoms in total. The number of benzene rings is 2. The number of rotatable bonds is 7. The van der Waals surface area contributed by atoms with E-state index in [-0.39, 0.29) is 6.04 Å². The minimum atomic E-state index is 0.0888. The second kappa shape index (κ2) is 8.73. The number of methoxy groups -OCH3 is 2. The smallest absolute Gasteiger partial charge is 0.127 e. The third-order valence-corrected chi connectivity index (χ3v) is 3.35. The molecule has 1 atom stereocenters. The lowest BCUT2D eigenvalue weighted by atomic mass is 10.2. The maximum Gasteiger partial charge on any atom is 0.127 e. The molecule has 0 saturated carbocycles. The van der Waals surface area contributed by atoms with Crippen LogP contribution in [0.15, 0.2) is 58.5 Å². The molecule has 2 aromatic rings. The molecule has 2 aromatic carbocycles. The van der Waals surface area contributed by atoms with Crippen LogP contribution in [-0.2, 0) is 0 Å². The Labute approximate surface area is 137 Å². The van der Waals surface area contributed by atoms with Crippen LogP contribution in [0.25, 0.3) is 0 Å². The van der Waals surface area contributed by atoms with Gasteiger partial charge in [-0.15, -0.1) is 0 Å². The van der Waals surface area contributed by atoms with Gasteiger partial charge in [0.1, 0.15) is 11.5 Å². The van der Waals surface area contributed by atoms with Gasteiger partial charge in [0.05, 0.1) is 26.8 Å². The van der Waals surface area contributed by atoms with Gasteiger partial charge < -0.3 is 9.47 Å². The molecule has 4 heteroatoms. The first-order valence-electron chi connectivity index (χ1n) is 7.53. The Bertz CT molecular complexity index is 681. The Morgan fingerprint density at radius 1 is 0.870 bits per heavy atom. The van der Waals surface area contributed by atoms with Crippen LogP contribution in [-0.4, -0.2) is 39.2 Å². The first-order valence-corrected chi connectivity index (χ1v) is 7.53. The average molecular weight is 310 g/mol. The zero-order chi connectivity index (χ0) is 16.5. The Hall–Kier alpha value is -2.62. The Kier molecular flexibility index (Phi) is 6.36. The molecule has 0 N–H and O–H groups in total. The Morgan fingerprint density at radius 2 is 1.39 bits per heavy atom. The van der Waals surface area contributed by atoms with Crippen molar-refractivity contribution in [3.8, 4) is 11.5 Å². The van der Waals surface area contributed by atoms with Crippen molar-refractivity contribution in [2.24, 2.45) is 9.98 Å². The van der Waals surface area contributed by atoms with Gasteiger partial charge in [0.25, 0.3) is 0 Å². The highest BCUT2D eigenvalue weighted by atomic mass is 16.5. The van der Waals surface area contributed by atoms with Crippen molar-refractivity contribution in [1.82, 2.24) is 0 Å². The highest BCUT2D eigenvalue weighted by molar-refractivity contribution is 5.84. The average Bonchev–Trinajstić information content (AvgIpc) is 2.60. The first-order chi connectivity index (χ1) is 11.2. The van der Waals surface area contributed by atoms with E-state index >= 15 is 0 Å². The summed E-state index contributed by atoms with van der Waals surface area (Å²) >= 11 is 0. The molecule has 0 fully saturated rings. The third-order valence-electron chi connectivity index (χ3n) is 3.35. The molecular weight excluding hydrogens is 288 g/mol. The topological polar surface area (TPSA) is 43.2 Å². The molecule has 0 aliphatic carbocycles. The van der Waals surface area contributed by atoms with Gasteiger partial charge in [-0.1, -0.05) is 24.3 Å². The molecule has 0 saturated heterocycles. The molecule has 0 spiro atoms. The summed E-state index contributed by atoms with van der Waals surface area (Å²) in [6, 6.07) is 15.7. The van der Waals surface area contributed by atoms with Crippen molar-refractivity contribution >= 4 is 12.4 Å². The van der Waals surface area contributed by atoms with E-state index in [0.29, 0.717) is 6.54 Å². The second-order valence-electron chi connectivity index (χ2n) is 5.11. The predicted molar refractivity (Wildman–Crippen MR) is 95.5 cm³/mol. The first kappa shape index (κ1) is 16.7. The molecule has 0 unspecified atom stereocenters. The van der Waals surface area contributed by atoms with Gasteiger partial charge in [0.2, 0.25) is 0 Å². The van der Waals surface area contributed by atoms with E-state index in [1.807, 2.05) is 67.9 Å². The van der Waals surface area contributed by atoms with E-state index in [4.69, 9.17) is 9.47 Å². The van der Waals surface area contributed by atoms with Crippen LogP contribution >= 0.6 is 0 Å². The predicted octanol–water partition coefficient (Wildman–Crippen LogP) is 3.63. The maximum absolute atomic E-state index is 5.31. The van der Waals surface area contributed by atoms with E-state index < -0.39 is 0 Å². The molecule has 0 aromatic heterocycles. The maximum atomic E-state index is 5.31. The Morgan fingerprint density at radius 3 is 1.96 bits per heavy atom. The number of ether oxygens (including phenoxy) is 2. The van der Waals surface area contributed by atoms with Crippen LogP contribution in [0.2, 0.25) is 0 Å². The van der Waals surface area contributed by atoms with Crippen LogP contribution in [0, 0.1) is 0 Å². The number of para-hydroxylation sites is 2. The monoisotopic (exact) mass is 310 g/mol. The lowest BCUT2D eigenvalue weighted by Gasteiger charge is -2.06. The van der Waals surface area contributed by atoms with Crippen molar-refractivity contribution in [3.05, 3.63) is 59.7 Å². The minimum Gasteiger partial charge on any atom is -0.496 e. The zero-order valence-corrected chi connectivity index (χ0v) is 13.8. The number of nitrogens with zero attached hydrogens (tertiary/aromatic N) is 2. The molecule has 0 aliphatic rings. The largest absolute Gasteiger partial charge is 0.496 e. The van der Waals surface area contributed by atoms with Gasteiger partial charge in [-0.3, -0.25) is 9.98 Å². The summed E-state index contributed by atoms with van der Waals surface area (Å²) in [4.78, 5) is 8.98. The summed E-state index contributed by atoms with van der Waals surface area (Å²) in [6.45, 7) is 2.65. The standard InChI is InChI=1S/C19H22N2O2/c1-15(21-14-17-9-5-7-11-19(17)23-3)12-20-13-16-8-4-6-10-18(16)22-2/h4-11,13-15H,12H2,1-3H3/t15-/m0/s1. The molecule has 120 valence electrons. The summed E-state index contributed by atoms with van der Waals surface area (Å²) in [7, 11) is 3.32. The molecule has 2 rings (SSSR count). The van der Waals surface area contributed by atoms with Crippen molar-refractivity contribution in [2.45, 2.75) is 13.0 Å². The van der Waals surface area contributed by atoms with E-state index in [1.165, 1.54) is 0 Å². The van der Waals surface area contributed by atoms with Crippen LogP contribution in [0.1, 0.15) is 18.1 Å². The Balaban J connectivity index is 1.95. The lowest BCUT2D eigenvalue weighted by molar-refractivity contribution is 0.414. The van der Waals surface area contributed by atoms with Crippen LogP contribution in [0.3, 0.4) is 0 Å². The minimum absolute atomic E-state index is 0.0888. The van der Waals surface area contributed by atoms with Gasteiger partial charge in [-0.05, 0) is 31.2 Å². The molecule has 0 radical (unpaired) electrons. The van der Waals surface area contributed by atoms with Crippen molar-refractivity contribution in [2.75, 3.05) is 20.8 Å². The van der Waals surface area contributed by atoms with Gasteiger partial charge >= 0.3 is 0 Å². The summed E-state index contributed by atoms with van der Waals surface area (Å²) in [5.74, 6) is 1.64. The summed E-state index contributed by atoms with van der Waals surface area (Å²) < 4.78 is 10.6. The highest BCUT2D eigenvalue weighted by Crippen LogP contribution is 2.16. The molecular formula is C19H22N2O2. The quantitative estimate of drug-likeness (QED) is 0.733. The highest BCUT2D eigenvalue weighted by Gasteiger charge is 2.01. The fourth-order valence-corrected chi connectivity index (χ4v) is 2.10. The fraction of sp³-hybridized carbons (Fsp3) is 0.263. The number of hydrogen-bond donors (Lipinski definition) is 0. The molecule has 0 amide bonds. The molecule has 0 heterocycles. The van der Waals surface area contributed by atoms with Crippen molar-refractivity contribution < 1.29 is 9.47 Å². The molecule has 23 heavy (non-hydrogen) atoms. The van der Waals surface area contributed by atoms with Crippen molar-refractivity contribution in [1.29, 1.82) is 0 Å². The summed E-state index contributed by atoms with van der Waals surface area (Å²) in [5.41, 5.74) is 1.94. The van der Waals surface area contributed by atoms with E-state index in [0.717, 1.165) is 22.6 Å². The van der Waals surface area contributed by atoms with Gasteiger partial charge in [-0.25, -0.2) is 0 Å². The lowest BCUT2D eigenvalue weighted by Crippen LogP contribution is -2.04. The zero-order valence-electron chi connectivity index (χ0n) is 13.8. The number of hydrogen-bond acceptors (Lipinski definition) is 4. The van der Waals surface area contributed by atoms with Crippen LogP contribution in [0.4, 0.5) is 0 Å².